The van der Waals surface area contributed by atoms with Crippen molar-refractivity contribution in [2.24, 2.45) is 0 Å². The molecule has 1 aromatic carbocycles. The quantitative estimate of drug-likeness (QED) is 0.477. The molecule has 1 rings (SSSR count). The second-order valence-electron chi connectivity index (χ2n) is 3.32. The van der Waals surface area contributed by atoms with Crippen LogP contribution in [0.25, 0.3) is 0 Å². The second kappa shape index (κ2) is 6.64. The topological polar surface area (TPSA) is 67.2 Å². The van der Waals surface area contributed by atoms with Crippen LogP contribution in [-0.4, -0.2) is 24.6 Å². The molecule has 5 nitrogen and oxygen atoms in total. The van der Waals surface area contributed by atoms with Crippen LogP contribution in [0.5, 0.6) is 0 Å². The molecule has 0 aromatic heterocycles. The number of rotatable bonds is 6. The molecule has 7 heteroatoms. The van der Waals surface area contributed by atoms with E-state index >= 15 is 0 Å². The maximum Gasteiger partial charge on any atom is 0.293 e. The first kappa shape index (κ1) is 14.0. The van der Waals surface area contributed by atoms with Gasteiger partial charge in [0.25, 0.3) is 5.69 Å². The number of nitrogens with zero attached hydrogens (tertiary/aromatic N) is 1. The van der Waals surface area contributed by atoms with E-state index in [-0.39, 0.29) is 10.7 Å². The lowest BCUT2D eigenvalue weighted by atomic mass is 10.2. The van der Waals surface area contributed by atoms with E-state index in [0.29, 0.717) is 23.8 Å². The van der Waals surface area contributed by atoms with Gasteiger partial charge < -0.3 is 10.6 Å². The Morgan fingerprint density at radius 1 is 1.29 bits per heavy atom. The Morgan fingerprint density at radius 2 is 1.94 bits per heavy atom. The van der Waals surface area contributed by atoms with Gasteiger partial charge in [-0.25, -0.2) is 0 Å². The summed E-state index contributed by atoms with van der Waals surface area (Å²) in [4.78, 5) is 10.3. The largest absolute Gasteiger partial charge is 0.378 e. The van der Waals surface area contributed by atoms with Crippen molar-refractivity contribution in [2.75, 3.05) is 25.0 Å². The Balaban J connectivity index is 2.81. The predicted molar refractivity (Wildman–Crippen MR) is 70.1 cm³/mol. The minimum atomic E-state index is -0.488. The minimum Gasteiger partial charge on any atom is -0.378 e. The van der Waals surface area contributed by atoms with E-state index in [1.165, 1.54) is 12.1 Å². The Kier molecular flexibility index (Phi) is 5.47. The number of nitro benzene ring substituents is 1. The zero-order chi connectivity index (χ0) is 12.8. The van der Waals surface area contributed by atoms with Crippen LogP contribution in [0.15, 0.2) is 12.1 Å². The third-order valence-corrected chi connectivity index (χ3v) is 2.82. The fraction of sp³-hybridized carbons (Fsp3) is 0.400. The predicted octanol–water partition coefficient (Wildman–Crippen LogP) is 2.92. The number of anilines is 1. The third-order valence-electron chi connectivity index (χ3n) is 2.10. The third kappa shape index (κ3) is 4.03. The molecule has 0 spiro atoms. The number of likely N-dealkylation sites (N-methyl/N-ethyl adjacent to an activating group) is 1. The van der Waals surface area contributed by atoms with Gasteiger partial charge in [0.15, 0.2) is 0 Å². The molecular weight excluding hydrogens is 265 g/mol. The van der Waals surface area contributed by atoms with Crippen LogP contribution in [0.1, 0.15) is 6.92 Å². The number of halogens is 2. The summed E-state index contributed by atoms with van der Waals surface area (Å²) < 4.78 is 0. The number of benzene rings is 1. The van der Waals surface area contributed by atoms with Gasteiger partial charge in [-0.05, 0) is 12.6 Å². The molecule has 0 amide bonds. The lowest BCUT2D eigenvalue weighted by Crippen LogP contribution is -2.21. The summed E-state index contributed by atoms with van der Waals surface area (Å²) >= 11 is 11.6. The van der Waals surface area contributed by atoms with Crippen LogP contribution < -0.4 is 10.6 Å². The van der Waals surface area contributed by atoms with Gasteiger partial charge in [0.1, 0.15) is 5.69 Å². The van der Waals surface area contributed by atoms with E-state index < -0.39 is 4.92 Å². The average molecular weight is 278 g/mol. The molecule has 1 aromatic rings. The maximum atomic E-state index is 10.8. The van der Waals surface area contributed by atoms with Crippen LogP contribution in [0, 0.1) is 10.1 Å². The Hall–Kier alpha value is -1.04. The van der Waals surface area contributed by atoms with E-state index in [4.69, 9.17) is 23.2 Å². The summed E-state index contributed by atoms with van der Waals surface area (Å²) in [7, 11) is 0. The molecule has 94 valence electrons. The molecule has 0 bridgehead atoms. The van der Waals surface area contributed by atoms with Gasteiger partial charge in [-0.2, -0.15) is 0 Å². The van der Waals surface area contributed by atoms with Crippen molar-refractivity contribution >= 4 is 34.6 Å². The molecule has 0 unspecified atom stereocenters. The molecule has 17 heavy (non-hydrogen) atoms. The van der Waals surface area contributed by atoms with Crippen LogP contribution in [-0.2, 0) is 0 Å². The molecule has 2 N–H and O–H groups in total. The van der Waals surface area contributed by atoms with Gasteiger partial charge in [-0.1, -0.05) is 30.1 Å². The maximum absolute atomic E-state index is 10.8. The van der Waals surface area contributed by atoms with E-state index in [1.54, 1.807) is 0 Å². The molecule has 0 aliphatic heterocycles. The molecule has 0 fully saturated rings. The summed E-state index contributed by atoms with van der Waals surface area (Å²) in [5.74, 6) is 0. The fourth-order valence-electron chi connectivity index (χ4n) is 1.29. The number of nitro groups is 1. The normalized spacial score (nSPS) is 10.3. The van der Waals surface area contributed by atoms with Crippen molar-refractivity contribution in [3.05, 3.63) is 32.3 Å². The average Bonchev–Trinajstić information content (AvgIpc) is 2.28. The SMILES string of the molecule is CCNCCNc1cc(Cl)c(Cl)cc1[N+](=O)[O-]. The molecule has 0 aliphatic rings. The first-order valence-electron chi connectivity index (χ1n) is 5.14. The van der Waals surface area contributed by atoms with Gasteiger partial charge in [-0.15, -0.1) is 0 Å². The second-order valence-corrected chi connectivity index (χ2v) is 4.14. The Morgan fingerprint density at radius 3 is 2.53 bits per heavy atom. The highest BCUT2D eigenvalue weighted by Gasteiger charge is 2.16. The van der Waals surface area contributed by atoms with Crippen molar-refractivity contribution in [1.82, 2.24) is 5.32 Å². The highest BCUT2D eigenvalue weighted by atomic mass is 35.5. The monoisotopic (exact) mass is 277 g/mol. The highest BCUT2D eigenvalue weighted by Crippen LogP contribution is 2.33. The van der Waals surface area contributed by atoms with Gasteiger partial charge in [0, 0.05) is 19.2 Å². The molecule has 0 radical (unpaired) electrons. The smallest absolute Gasteiger partial charge is 0.293 e. The van der Waals surface area contributed by atoms with Crippen molar-refractivity contribution < 1.29 is 4.92 Å². The first-order chi connectivity index (χ1) is 8.06. The van der Waals surface area contributed by atoms with Crippen LogP contribution in [0.2, 0.25) is 10.0 Å². The lowest BCUT2D eigenvalue weighted by molar-refractivity contribution is -0.383. The summed E-state index contributed by atoms with van der Waals surface area (Å²) in [6, 6.07) is 2.72. The first-order valence-corrected chi connectivity index (χ1v) is 5.90. The Bertz CT molecular complexity index is 413. The van der Waals surface area contributed by atoms with E-state index in [2.05, 4.69) is 10.6 Å². The van der Waals surface area contributed by atoms with Crippen LogP contribution in [0.3, 0.4) is 0 Å². The van der Waals surface area contributed by atoms with Gasteiger partial charge in [0.2, 0.25) is 0 Å². The number of hydrogen-bond acceptors (Lipinski definition) is 4. The molecular formula is C10H13Cl2N3O2. The van der Waals surface area contributed by atoms with Crippen LogP contribution in [0.4, 0.5) is 11.4 Å². The number of nitrogens with one attached hydrogen (secondary N) is 2. The van der Waals surface area contributed by atoms with Gasteiger partial charge >= 0.3 is 0 Å². The standard InChI is InChI=1S/C10H13Cl2N3O2/c1-2-13-3-4-14-9-5-7(11)8(12)6-10(9)15(16)17/h5-6,13-14H,2-4H2,1H3. The zero-order valence-electron chi connectivity index (χ0n) is 9.30. The fourth-order valence-corrected chi connectivity index (χ4v) is 1.61. The summed E-state index contributed by atoms with van der Waals surface area (Å²) in [6.07, 6.45) is 0. The summed E-state index contributed by atoms with van der Waals surface area (Å²) in [5, 5.41) is 17.3. The lowest BCUT2D eigenvalue weighted by Gasteiger charge is -2.08. The number of hydrogen-bond donors (Lipinski definition) is 2. The van der Waals surface area contributed by atoms with Crippen molar-refractivity contribution in [2.45, 2.75) is 6.92 Å². The van der Waals surface area contributed by atoms with Crippen molar-refractivity contribution in [3.8, 4) is 0 Å². The highest BCUT2D eigenvalue weighted by molar-refractivity contribution is 6.42. The zero-order valence-corrected chi connectivity index (χ0v) is 10.8. The van der Waals surface area contributed by atoms with Crippen LogP contribution >= 0.6 is 23.2 Å². The van der Waals surface area contributed by atoms with E-state index in [9.17, 15) is 10.1 Å². The minimum absolute atomic E-state index is 0.0732. The van der Waals surface area contributed by atoms with E-state index in [0.717, 1.165) is 6.54 Å². The van der Waals surface area contributed by atoms with Gasteiger partial charge in [-0.3, -0.25) is 10.1 Å². The molecule has 0 atom stereocenters. The van der Waals surface area contributed by atoms with Crippen molar-refractivity contribution in [1.29, 1.82) is 0 Å². The van der Waals surface area contributed by atoms with Crippen molar-refractivity contribution in [3.63, 3.8) is 0 Å². The van der Waals surface area contributed by atoms with Gasteiger partial charge in [0.05, 0.1) is 15.0 Å². The molecule has 0 saturated carbocycles. The molecule has 0 heterocycles. The molecule has 0 saturated heterocycles. The Labute approximate surface area is 109 Å². The summed E-state index contributed by atoms with van der Waals surface area (Å²) in [6.45, 7) is 4.13. The van der Waals surface area contributed by atoms with E-state index in [1.807, 2.05) is 6.92 Å². The summed E-state index contributed by atoms with van der Waals surface area (Å²) in [5.41, 5.74) is 0.304. The molecule has 0 aliphatic carbocycles.